The van der Waals surface area contributed by atoms with E-state index in [0.29, 0.717) is 5.69 Å². The molecule has 2 amide bonds. The summed E-state index contributed by atoms with van der Waals surface area (Å²) in [5.74, 6) is -0.857. The van der Waals surface area contributed by atoms with Gasteiger partial charge in [-0.25, -0.2) is 9.29 Å². The van der Waals surface area contributed by atoms with Crippen molar-refractivity contribution in [2.75, 3.05) is 10.2 Å². The number of hydrogen-bond donors (Lipinski definition) is 1. The molecule has 0 bridgehead atoms. The molecule has 2 aromatic rings. The van der Waals surface area contributed by atoms with Gasteiger partial charge in [-0.05, 0) is 61.0 Å². The summed E-state index contributed by atoms with van der Waals surface area (Å²) in [6.45, 7) is 3.89. The first kappa shape index (κ1) is 15.6. The van der Waals surface area contributed by atoms with Gasteiger partial charge in [-0.3, -0.25) is 9.59 Å². The van der Waals surface area contributed by atoms with Crippen LogP contribution in [0.15, 0.2) is 42.5 Å². The number of halogens is 1. The number of carbonyl (C=O) groups is 2. The van der Waals surface area contributed by atoms with Gasteiger partial charge in [0.2, 0.25) is 0 Å². The third kappa shape index (κ3) is 2.94. The minimum Gasteiger partial charge on any atom is -0.363 e. The molecule has 1 heterocycles. The van der Waals surface area contributed by atoms with Crippen LogP contribution in [0.1, 0.15) is 11.1 Å². The number of amides is 2. The number of imide groups is 1. The van der Waals surface area contributed by atoms with Crippen molar-refractivity contribution < 1.29 is 14.0 Å². The van der Waals surface area contributed by atoms with Crippen LogP contribution in [0.4, 0.5) is 20.6 Å². The van der Waals surface area contributed by atoms with E-state index in [4.69, 9.17) is 0 Å². The first-order valence-corrected chi connectivity index (χ1v) is 7.98. The molecule has 0 aromatic heterocycles. The maximum absolute atomic E-state index is 13.7. The average molecular weight is 330 g/mol. The van der Waals surface area contributed by atoms with E-state index in [2.05, 4.69) is 5.32 Å². The Labute approximate surface area is 137 Å². The smallest absolute Gasteiger partial charge is 0.295 e. The van der Waals surface area contributed by atoms with E-state index in [-0.39, 0.29) is 10.9 Å². The van der Waals surface area contributed by atoms with Crippen molar-refractivity contribution in [2.24, 2.45) is 0 Å². The Morgan fingerprint density at radius 3 is 2.52 bits per heavy atom. The van der Waals surface area contributed by atoms with Crippen molar-refractivity contribution in [3.8, 4) is 0 Å². The largest absolute Gasteiger partial charge is 0.363 e. The van der Waals surface area contributed by atoms with Crippen LogP contribution in [0.3, 0.4) is 0 Å². The van der Waals surface area contributed by atoms with Gasteiger partial charge in [0.05, 0.1) is 11.4 Å². The highest BCUT2D eigenvalue weighted by atomic mass is 32.2. The molecule has 3 rings (SSSR count). The van der Waals surface area contributed by atoms with Crippen molar-refractivity contribution in [3.05, 3.63) is 59.4 Å². The standard InChI is InChI=1S/C17H15FN2O2S/c1-10-7-8-12(9-11(10)2)20-16(21)15(23-17(20)22)19-14-6-4-3-5-13(14)18/h3-9,15,19H,1-2H3. The first-order chi connectivity index (χ1) is 11.0. The summed E-state index contributed by atoms with van der Waals surface area (Å²) in [7, 11) is 0. The Hall–Kier alpha value is -2.34. The monoisotopic (exact) mass is 330 g/mol. The Kier molecular flexibility index (Phi) is 4.09. The topological polar surface area (TPSA) is 49.4 Å². The van der Waals surface area contributed by atoms with Gasteiger partial charge < -0.3 is 5.32 Å². The predicted molar refractivity (Wildman–Crippen MR) is 90.2 cm³/mol. The number of aryl methyl sites for hydroxylation is 2. The highest BCUT2D eigenvalue weighted by Crippen LogP contribution is 2.33. The van der Waals surface area contributed by atoms with Crippen LogP contribution in [0.5, 0.6) is 0 Å². The second-order valence-electron chi connectivity index (χ2n) is 5.33. The second kappa shape index (κ2) is 6.04. The number of nitrogens with one attached hydrogen (secondary N) is 1. The highest BCUT2D eigenvalue weighted by molar-refractivity contribution is 8.16. The van der Waals surface area contributed by atoms with Crippen molar-refractivity contribution in [3.63, 3.8) is 0 Å². The number of thioether (sulfide) groups is 1. The van der Waals surface area contributed by atoms with Crippen LogP contribution in [0, 0.1) is 19.7 Å². The molecular weight excluding hydrogens is 315 g/mol. The third-order valence-corrected chi connectivity index (χ3v) is 4.69. The molecule has 6 heteroatoms. The fourth-order valence-electron chi connectivity index (χ4n) is 2.32. The number of hydrogen-bond acceptors (Lipinski definition) is 4. The van der Waals surface area contributed by atoms with Gasteiger partial charge in [0, 0.05) is 0 Å². The maximum Gasteiger partial charge on any atom is 0.295 e. The molecule has 1 atom stereocenters. The minimum absolute atomic E-state index is 0.202. The Bertz CT molecular complexity index is 794. The molecule has 4 nitrogen and oxygen atoms in total. The van der Waals surface area contributed by atoms with Crippen LogP contribution in [-0.4, -0.2) is 16.5 Å². The van der Waals surface area contributed by atoms with Gasteiger partial charge >= 0.3 is 0 Å². The van der Waals surface area contributed by atoms with Crippen molar-refractivity contribution in [1.82, 2.24) is 0 Å². The molecule has 0 radical (unpaired) electrons. The summed E-state index contributed by atoms with van der Waals surface area (Å²) < 4.78 is 13.7. The summed E-state index contributed by atoms with van der Waals surface area (Å²) in [6, 6.07) is 11.5. The fourth-order valence-corrected chi connectivity index (χ4v) is 3.21. The van der Waals surface area contributed by atoms with Gasteiger partial charge in [-0.2, -0.15) is 0 Å². The minimum atomic E-state index is -0.832. The van der Waals surface area contributed by atoms with Crippen molar-refractivity contribution >= 4 is 34.3 Å². The molecule has 23 heavy (non-hydrogen) atoms. The number of anilines is 2. The Balaban J connectivity index is 1.85. The van der Waals surface area contributed by atoms with Gasteiger partial charge in [-0.15, -0.1) is 0 Å². The second-order valence-corrected chi connectivity index (χ2v) is 6.39. The molecule has 0 spiro atoms. The molecule has 1 saturated heterocycles. The Morgan fingerprint density at radius 1 is 1.09 bits per heavy atom. The normalized spacial score (nSPS) is 17.7. The maximum atomic E-state index is 13.7. The molecule has 1 unspecified atom stereocenters. The van der Waals surface area contributed by atoms with E-state index >= 15 is 0 Å². The molecule has 118 valence electrons. The zero-order valence-electron chi connectivity index (χ0n) is 12.7. The summed E-state index contributed by atoms with van der Waals surface area (Å²) in [5.41, 5.74) is 2.82. The Morgan fingerprint density at radius 2 is 1.83 bits per heavy atom. The summed E-state index contributed by atoms with van der Waals surface area (Å²) in [4.78, 5) is 25.9. The van der Waals surface area contributed by atoms with Crippen LogP contribution < -0.4 is 10.2 Å². The molecule has 2 aromatic carbocycles. The average Bonchev–Trinajstić information content (AvgIpc) is 2.79. The summed E-state index contributed by atoms with van der Waals surface area (Å²) >= 11 is 0.850. The SMILES string of the molecule is Cc1ccc(N2C(=O)SC(Nc3ccccc3F)C2=O)cc1C. The fraction of sp³-hybridized carbons (Fsp3) is 0.176. The first-order valence-electron chi connectivity index (χ1n) is 7.10. The molecule has 1 fully saturated rings. The van der Waals surface area contributed by atoms with Crippen LogP contribution in [0.25, 0.3) is 0 Å². The number of benzene rings is 2. The number of carbonyl (C=O) groups excluding carboxylic acids is 2. The van der Waals surface area contributed by atoms with E-state index in [1.54, 1.807) is 24.3 Å². The highest BCUT2D eigenvalue weighted by Gasteiger charge is 2.41. The van der Waals surface area contributed by atoms with E-state index in [9.17, 15) is 14.0 Å². The summed E-state index contributed by atoms with van der Waals surface area (Å²) in [5, 5.41) is 1.59. The van der Waals surface area contributed by atoms with Gasteiger partial charge in [-0.1, -0.05) is 18.2 Å². The van der Waals surface area contributed by atoms with E-state index in [1.165, 1.54) is 12.1 Å². The van der Waals surface area contributed by atoms with Crippen LogP contribution in [-0.2, 0) is 4.79 Å². The quantitative estimate of drug-likeness (QED) is 0.921. The summed E-state index contributed by atoms with van der Waals surface area (Å²) in [6.07, 6.45) is 0. The number of rotatable bonds is 3. The van der Waals surface area contributed by atoms with Crippen molar-refractivity contribution in [2.45, 2.75) is 19.2 Å². The van der Waals surface area contributed by atoms with Crippen molar-refractivity contribution in [1.29, 1.82) is 0 Å². The molecule has 0 saturated carbocycles. The predicted octanol–water partition coefficient (Wildman–Crippen LogP) is 4.08. The zero-order valence-corrected chi connectivity index (χ0v) is 13.5. The lowest BCUT2D eigenvalue weighted by molar-refractivity contribution is -0.116. The molecule has 0 aliphatic carbocycles. The number of nitrogens with zero attached hydrogens (tertiary/aromatic N) is 1. The van der Waals surface area contributed by atoms with Crippen LogP contribution in [0.2, 0.25) is 0 Å². The lowest BCUT2D eigenvalue weighted by Crippen LogP contribution is -2.34. The molecule has 1 aliphatic heterocycles. The third-order valence-electron chi connectivity index (χ3n) is 3.76. The molecule has 1 N–H and O–H groups in total. The van der Waals surface area contributed by atoms with E-state index in [0.717, 1.165) is 27.8 Å². The molecule has 1 aliphatic rings. The molecular formula is C17H15FN2O2S. The van der Waals surface area contributed by atoms with E-state index < -0.39 is 17.1 Å². The lowest BCUT2D eigenvalue weighted by atomic mass is 10.1. The number of para-hydroxylation sites is 1. The van der Waals surface area contributed by atoms with Gasteiger partial charge in [0.25, 0.3) is 11.1 Å². The van der Waals surface area contributed by atoms with E-state index in [1.807, 2.05) is 19.9 Å². The van der Waals surface area contributed by atoms with Gasteiger partial charge in [0.15, 0.2) is 5.37 Å². The van der Waals surface area contributed by atoms with Crippen LogP contribution >= 0.6 is 11.8 Å². The lowest BCUT2D eigenvalue weighted by Gasteiger charge is -2.16. The zero-order chi connectivity index (χ0) is 16.6. The van der Waals surface area contributed by atoms with Gasteiger partial charge in [0.1, 0.15) is 5.82 Å².